The second-order valence-corrected chi connectivity index (χ2v) is 6.60. The minimum absolute atomic E-state index is 1.31. The van der Waals surface area contributed by atoms with Crippen molar-refractivity contribution in [3.8, 4) is 22.3 Å². The molecule has 0 aliphatic heterocycles. The van der Waals surface area contributed by atoms with Crippen LogP contribution in [0, 0.1) is 0 Å². The summed E-state index contributed by atoms with van der Waals surface area (Å²) < 4.78 is 0. The average molecular weight is 330 g/mol. The molecule has 5 aromatic rings. The smallest absolute Gasteiger partial charge is 0.00990 e. The molecule has 0 bridgehead atoms. The Morgan fingerprint density at radius 2 is 0.577 bits per heavy atom. The molecule has 0 radical (unpaired) electrons. The average Bonchev–Trinajstić information content (AvgIpc) is 2.72. The van der Waals surface area contributed by atoms with Crippen LogP contribution in [0.5, 0.6) is 0 Å². The topological polar surface area (TPSA) is 0 Å². The van der Waals surface area contributed by atoms with E-state index in [1.165, 1.54) is 43.8 Å². The molecule has 0 heterocycles. The first-order chi connectivity index (χ1) is 12.9. The zero-order valence-corrected chi connectivity index (χ0v) is 14.4. The first kappa shape index (κ1) is 14.9. The standard InChI is InChI=1S/C14H10.C12H8/c1-3-7-13-11(5-1)9-10-12-6-2-4-8-14(12)13;1-2-6-10-9(5-1)11-7-3-4-8-12(10)11/h1-10H;1-8H. The molecule has 5 aromatic carbocycles. The van der Waals surface area contributed by atoms with E-state index in [-0.39, 0.29) is 0 Å². The van der Waals surface area contributed by atoms with Gasteiger partial charge in [0, 0.05) is 0 Å². The third kappa shape index (κ3) is 2.39. The predicted octanol–water partition coefficient (Wildman–Crippen LogP) is 7.33. The molecule has 0 N–H and O–H groups in total. The van der Waals surface area contributed by atoms with Crippen LogP contribution < -0.4 is 0 Å². The van der Waals surface area contributed by atoms with Gasteiger partial charge >= 0.3 is 0 Å². The highest BCUT2D eigenvalue weighted by molar-refractivity contribution is 6.07. The Labute approximate surface area is 153 Å². The monoisotopic (exact) mass is 330 g/mol. The van der Waals surface area contributed by atoms with Crippen LogP contribution in [0.2, 0.25) is 0 Å². The minimum Gasteiger partial charge on any atom is -0.0616 e. The largest absolute Gasteiger partial charge is 0.0616 e. The Bertz CT molecular complexity index is 1080. The SMILES string of the molecule is c1ccc2c(c1)-c1ccccc1-2.c1ccc2c(c1)ccc1ccccc12. The lowest BCUT2D eigenvalue weighted by Crippen LogP contribution is -1.96. The minimum atomic E-state index is 1.31. The van der Waals surface area contributed by atoms with Crippen molar-refractivity contribution in [2.24, 2.45) is 0 Å². The van der Waals surface area contributed by atoms with Crippen LogP contribution in [0.3, 0.4) is 0 Å². The van der Waals surface area contributed by atoms with Crippen molar-refractivity contribution >= 4 is 21.5 Å². The van der Waals surface area contributed by atoms with E-state index < -0.39 is 0 Å². The zero-order valence-electron chi connectivity index (χ0n) is 14.4. The zero-order chi connectivity index (χ0) is 17.3. The lowest BCUT2D eigenvalue weighted by molar-refractivity contribution is 1.52. The van der Waals surface area contributed by atoms with Gasteiger partial charge in [0.2, 0.25) is 0 Å². The van der Waals surface area contributed by atoms with Crippen LogP contribution in [-0.4, -0.2) is 0 Å². The molecule has 0 amide bonds. The first-order valence-corrected chi connectivity index (χ1v) is 8.97. The fourth-order valence-corrected chi connectivity index (χ4v) is 3.80. The molecular weight excluding hydrogens is 312 g/mol. The van der Waals surface area contributed by atoms with Gasteiger partial charge in [-0.2, -0.15) is 0 Å². The van der Waals surface area contributed by atoms with Crippen molar-refractivity contribution in [2.45, 2.75) is 0 Å². The van der Waals surface area contributed by atoms with Crippen molar-refractivity contribution in [1.29, 1.82) is 0 Å². The Hall–Kier alpha value is -3.38. The van der Waals surface area contributed by atoms with Crippen LogP contribution in [0.4, 0.5) is 0 Å². The molecular formula is C26H18. The summed E-state index contributed by atoms with van der Waals surface area (Å²) in [6, 6.07) is 38.4. The van der Waals surface area contributed by atoms with Gasteiger partial charge in [-0.25, -0.2) is 0 Å². The van der Waals surface area contributed by atoms with Crippen molar-refractivity contribution in [3.63, 3.8) is 0 Å². The highest BCUT2D eigenvalue weighted by Gasteiger charge is 2.19. The first-order valence-electron chi connectivity index (χ1n) is 8.97. The molecule has 1 aliphatic rings. The van der Waals surface area contributed by atoms with Gasteiger partial charge in [-0.3, -0.25) is 0 Å². The number of benzene rings is 5. The normalized spacial score (nSPS) is 11.1. The molecule has 0 saturated heterocycles. The number of rotatable bonds is 0. The van der Waals surface area contributed by atoms with Gasteiger partial charge in [0.15, 0.2) is 0 Å². The van der Waals surface area contributed by atoms with E-state index >= 15 is 0 Å². The number of hydrogen-bond acceptors (Lipinski definition) is 0. The van der Waals surface area contributed by atoms with Crippen LogP contribution in [0.1, 0.15) is 0 Å². The molecule has 122 valence electrons. The molecule has 0 nitrogen and oxygen atoms in total. The van der Waals surface area contributed by atoms with Gasteiger partial charge < -0.3 is 0 Å². The summed E-state index contributed by atoms with van der Waals surface area (Å²) in [7, 11) is 0. The van der Waals surface area contributed by atoms with Gasteiger partial charge in [-0.05, 0) is 43.8 Å². The Kier molecular flexibility index (Phi) is 3.54. The van der Waals surface area contributed by atoms with E-state index in [9.17, 15) is 0 Å². The highest BCUT2D eigenvalue weighted by atomic mass is 14.2. The van der Waals surface area contributed by atoms with Gasteiger partial charge in [0.1, 0.15) is 0 Å². The summed E-state index contributed by atoms with van der Waals surface area (Å²) in [5, 5.41) is 5.30. The molecule has 0 saturated carbocycles. The van der Waals surface area contributed by atoms with Crippen LogP contribution in [-0.2, 0) is 0 Å². The second kappa shape index (κ2) is 6.16. The van der Waals surface area contributed by atoms with E-state index in [1.54, 1.807) is 0 Å². The summed E-state index contributed by atoms with van der Waals surface area (Å²) in [4.78, 5) is 0. The molecule has 6 rings (SSSR count). The number of hydrogen-bond donors (Lipinski definition) is 0. The maximum atomic E-state index is 2.18. The third-order valence-corrected chi connectivity index (χ3v) is 5.09. The summed E-state index contributed by atoms with van der Waals surface area (Å²) in [6.45, 7) is 0. The highest BCUT2D eigenvalue weighted by Crippen LogP contribution is 2.46. The molecule has 0 fully saturated rings. The lowest BCUT2D eigenvalue weighted by atomic mass is 9.81. The fraction of sp³-hybridized carbons (Fsp3) is 0. The van der Waals surface area contributed by atoms with Gasteiger partial charge in [0.25, 0.3) is 0 Å². The lowest BCUT2D eigenvalue weighted by Gasteiger charge is -2.22. The molecule has 0 aromatic heterocycles. The Morgan fingerprint density at radius 3 is 0.962 bits per heavy atom. The second-order valence-electron chi connectivity index (χ2n) is 6.60. The van der Waals surface area contributed by atoms with Gasteiger partial charge in [0.05, 0.1) is 0 Å². The Balaban J connectivity index is 0.000000117. The molecule has 0 unspecified atom stereocenters. The molecule has 0 heteroatoms. The summed E-state index contributed by atoms with van der Waals surface area (Å²) in [5.41, 5.74) is 5.59. The third-order valence-electron chi connectivity index (χ3n) is 5.09. The maximum Gasteiger partial charge on any atom is -0.00990 e. The Morgan fingerprint density at radius 1 is 0.269 bits per heavy atom. The number of fused-ring (bicyclic) bond motifs is 7. The van der Waals surface area contributed by atoms with Crippen molar-refractivity contribution < 1.29 is 0 Å². The van der Waals surface area contributed by atoms with Crippen LogP contribution in [0.25, 0.3) is 43.8 Å². The summed E-state index contributed by atoms with van der Waals surface area (Å²) >= 11 is 0. The molecule has 26 heavy (non-hydrogen) atoms. The van der Waals surface area contributed by atoms with Crippen LogP contribution in [0.15, 0.2) is 109 Å². The van der Waals surface area contributed by atoms with Crippen molar-refractivity contribution in [1.82, 2.24) is 0 Å². The molecule has 1 aliphatic carbocycles. The quantitative estimate of drug-likeness (QED) is 0.256. The van der Waals surface area contributed by atoms with E-state index in [1.807, 2.05) is 0 Å². The van der Waals surface area contributed by atoms with E-state index in [2.05, 4.69) is 109 Å². The van der Waals surface area contributed by atoms with E-state index in [0.717, 1.165) is 0 Å². The van der Waals surface area contributed by atoms with Crippen molar-refractivity contribution in [3.05, 3.63) is 109 Å². The van der Waals surface area contributed by atoms with Crippen molar-refractivity contribution in [2.75, 3.05) is 0 Å². The molecule has 0 atom stereocenters. The predicted molar refractivity (Wildman–Crippen MR) is 112 cm³/mol. The van der Waals surface area contributed by atoms with E-state index in [0.29, 0.717) is 0 Å². The maximum absolute atomic E-state index is 2.18. The van der Waals surface area contributed by atoms with Gasteiger partial charge in [-0.15, -0.1) is 0 Å². The fourth-order valence-electron chi connectivity index (χ4n) is 3.80. The van der Waals surface area contributed by atoms with E-state index in [4.69, 9.17) is 0 Å². The van der Waals surface area contributed by atoms with Gasteiger partial charge in [-0.1, -0.05) is 109 Å². The summed E-state index contributed by atoms with van der Waals surface area (Å²) in [6.07, 6.45) is 0. The van der Waals surface area contributed by atoms with Crippen LogP contribution >= 0.6 is 0 Å². The molecule has 0 spiro atoms. The summed E-state index contributed by atoms with van der Waals surface area (Å²) in [5.74, 6) is 0.